The van der Waals surface area contributed by atoms with Gasteiger partial charge < -0.3 is 0 Å². The maximum Gasteiger partial charge on any atom is 0.162 e. The summed E-state index contributed by atoms with van der Waals surface area (Å²) in [4.78, 5) is 24.7. The van der Waals surface area contributed by atoms with E-state index in [0.29, 0.717) is 12.8 Å². The van der Waals surface area contributed by atoms with E-state index >= 15 is 0 Å². The Bertz CT molecular complexity index is 857. The van der Waals surface area contributed by atoms with Crippen LogP contribution >= 0.6 is 0 Å². The molecule has 26 heavy (non-hydrogen) atoms. The minimum Gasteiger partial charge on any atom is -0.294 e. The van der Waals surface area contributed by atoms with Gasteiger partial charge in [0.1, 0.15) is 0 Å². The normalized spacial score (nSPS) is 14.0. The average Bonchev–Trinajstić information content (AvgIpc) is 2.96. The second-order valence-corrected chi connectivity index (χ2v) is 7.26. The molecule has 3 rings (SSSR count). The number of hydrogen-bond donors (Lipinski definition) is 0. The maximum absolute atomic E-state index is 12.4. The summed E-state index contributed by atoms with van der Waals surface area (Å²) in [6, 6.07) is 12.3. The lowest BCUT2D eigenvalue weighted by atomic mass is 9.73. The molecule has 2 nitrogen and oxygen atoms in total. The van der Waals surface area contributed by atoms with Crippen molar-refractivity contribution in [3.63, 3.8) is 0 Å². The number of Topliss-reactive ketones (excluding diaryl/α,β-unsaturated/α-hetero) is 2. The van der Waals surface area contributed by atoms with Crippen molar-refractivity contribution in [2.24, 2.45) is 0 Å². The highest BCUT2D eigenvalue weighted by Gasteiger charge is 2.41. The van der Waals surface area contributed by atoms with Crippen LogP contribution in [0.4, 0.5) is 0 Å². The number of carbonyl (C=O) groups is 2. The van der Waals surface area contributed by atoms with Crippen LogP contribution in [0.1, 0.15) is 91.6 Å². The van der Waals surface area contributed by atoms with E-state index in [0.717, 1.165) is 30.4 Å². The summed E-state index contributed by atoms with van der Waals surface area (Å²) in [6.07, 6.45) is 3.89. The Morgan fingerprint density at radius 1 is 0.769 bits per heavy atom. The maximum atomic E-state index is 12.4. The molecule has 2 heteroatoms. The Morgan fingerprint density at radius 3 is 1.69 bits per heavy atom. The van der Waals surface area contributed by atoms with Crippen LogP contribution in [0.25, 0.3) is 11.1 Å². The highest BCUT2D eigenvalue weighted by atomic mass is 16.1. The quantitative estimate of drug-likeness (QED) is 0.546. The SMILES string of the molecule is CCCC(=O)c1ccc2c(c1)C(CC)(CC)c1cc(C(=O)CC)ccc1-2. The summed E-state index contributed by atoms with van der Waals surface area (Å²) in [6.45, 7) is 8.35. The molecule has 0 saturated carbocycles. The van der Waals surface area contributed by atoms with Crippen molar-refractivity contribution >= 4 is 11.6 Å². The standard InChI is InChI=1S/C24H28O2/c1-5-9-23(26)17-11-13-19-18-12-10-16(22(25)6-2)14-20(18)24(7-3,8-4)21(19)15-17/h10-15H,5-9H2,1-4H3. The summed E-state index contributed by atoms with van der Waals surface area (Å²) in [5.74, 6) is 0.401. The molecule has 0 amide bonds. The van der Waals surface area contributed by atoms with E-state index < -0.39 is 0 Å². The summed E-state index contributed by atoms with van der Waals surface area (Å²) >= 11 is 0. The molecular formula is C24H28O2. The lowest BCUT2D eigenvalue weighted by Crippen LogP contribution is -2.23. The molecule has 0 unspecified atom stereocenters. The number of carbonyl (C=O) groups excluding carboxylic acids is 2. The zero-order chi connectivity index (χ0) is 18.9. The van der Waals surface area contributed by atoms with Gasteiger partial charge in [-0.1, -0.05) is 52.0 Å². The van der Waals surface area contributed by atoms with Crippen molar-refractivity contribution in [1.29, 1.82) is 0 Å². The molecule has 0 saturated heterocycles. The Hall–Kier alpha value is -2.22. The van der Waals surface area contributed by atoms with E-state index in [1.165, 1.54) is 22.3 Å². The molecule has 0 bridgehead atoms. The van der Waals surface area contributed by atoms with Gasteiger partial charge in [0.05, 0.1) is 0 Å². The van der Waals surface area contributed by atoms with Gasteiger partial charge in [0.25, 0.3) is 0 Å². The minimum absolute atomic E-state index is 0.114. The smallest absolute Gasteiger partial charge is 0.162 e. The molecule has 0 radical (unpaired) electrons. The fourth-order valence-corrected chi connectivity index (χ4v) is 4.43. The summed E-state index contributed by atoms with van der Waals surface area (Å²) in [5.41, 5.74) is 6.43. The monoisotopic (exact) mass is 348 g/mol. The summed E-state index contributed by atoms with van der Waals surface area (Å²) in [5, 5.41) is 0. The van der Waals surface area contributed by atoms with Crippen molar-refractivity contribution in [3.05, 3.63) is 58.7 Å². The summed E-state index contributed by atoms with van der Waals surface area (Å²) < 4.78 is 0. The van der Waals surface area contributed by atoms with Gasteiger partial charge >= 0.3 is 0 Å². The van der Waals surface area contributed by atoms with Crippen molar-refractivity contribution in [2.75, 3.05) is 0 Å². The van der Waals surface area contributed by atoms with Gasteiger partial charge in [0, 0.05) is 29.4 Å². The van der Waals surface area contributed by atoms with Crippen LogP contribution in [0.15, 0.2) is 36.4 Å². The van der Waals surface area contributed by atoms with E-state index in [4.69, 9.17) is 0 Å². The third kappa shape index (κ3) is 2.72. The van der Waals surface area contributed by atoms with Gasteiger partial charge in [0.2, 0.25) is 0 Å². The highest BCUT2D eigenvalue weighted by Crippen LogP contribution is 2.53. The Balaban J connectivity index is 2.20. The van der Waals surface area contributed by atoms with E-state index in [1.807, 2.05) is 26.0 Å². The van der Waals surface area contributed by atoms with Crippen LogP contribution in [-0.4, -0.2) is 11.6 Å². The van der Waals surface area contributed by atoms with Gasteiger partial charge in [-0.05, 0) is 53.6 Å². The first kappa shape index (κ1) is 18.6. The largest absolute Gasteiger partial charge is 0.294 e. The minimum atomic E-state index is -0.114. The molecule has 1 aliphatic rings. The second kappa shape index (κ2) is 7.19. The Labute approximate surface area is 156 Å². The Kier molecular flexibility index (Phi) is 5.13. The number of rotatable bonds is 7. The lowest BCUT2D eigenvalue weighted by Gasteiger charge is -2.30. The number of hydrogen-bond acceptors (Lipinski definition) is 2. The van der Waals surface area contributed by atoms with Crippen molar-refractivity contribution < 1.29 is 9.59 Å². The van der Waals surface area contributed by atoms with Gasteiger partial charge in [-0.3, -0.25) is 9.59 Å². The molecule has 0 aliphatic heterocycles. The van der Waals surface area contributed by atoms with E-state index in [-0.39, 0.29) is 17.0 Å². The van der Waals surface area contributed by atoms with E-state index in [2.05, 4.69) is 38.1 Å². The first-order valence-electron chi connectivity index (χ1n) is 9.88. The molecule has 0 aromatic heterocycles. The fourth-order valence-electron chi connectivity index (χ4n) is 4.43. The Morgan fingerprint density at radius 2 is 1.27 bits per heavy atom. The van der Waals surface area contributed by atoms with Gasteiger partial charge in [-0.2, -0.15) is 0 Å². The predicted octanol–water partition coefficient (Wildman–Crippen LogP) is 6.35. The van der Waals surface area contributed by atoms with Crippen molar-refractivity contribution in [2.45, 2.75) is 65.2 Å². The molecule has 0 spiro atoms. The zero-order valence-corrected chi connectivity index (χ0v) is 16.3. The van der Waals surface area contributed by atoms with Crippen LogP contribution in [0.2, 0.25) is 0 Å². The second-order valence-electron chi connectivity index (χ2n) is 7.26. The molecule has 136 valence electrons. The van der Waals surface area contributed by atoms with Crippen LogP contribution in [0, 0.1) is 0 Å². The van der Waals surface area contributed by atoms with Crippen LogP contribution in [0.3, 0.4) is 0 Å². The topological polar surface area (TPSA) is 34.1 Å². The van der Waals surface area contributed by atoms with Crippen molar-refractivity contribution in [3.8, 4) is 11.1 Å². The van der Waals surface area contributed by atoms with Crippen LogP contribution in [-0.2, 0) is 5.41 Å². The molecule has 1 aliphatic carbocycles. The number of benzene rings is 2. The first-order chi connectivity index (χ1) is 12.5. The zero-order valence-electron chi connectivity index (χ0n) is 16.3. The molecule has 0 N–H and O–H groups in total. The van der Waals surface area contributed by atoms with E-state index in [9.17, 15) is 9.59 Å². The first-order valence-corrected chi connectivity index (χ1v) is 9.88. The molecule has 2 aromatic carbocycles. The van der Waals surface area contributed by atoms with Gasteiger partial charge in [-0.25, -0.2) is 0 Å². The number of fused-ring (bicyclic) bond motifs is 3. The predicted molar refractivity (Wildman–Crippen MR) is 107 cm³/mol. The average molecular weight is 348 g/mol. The molecule has 0 heterocycles. The van der Waals surface area contributed by atoms with Crippen LogP contribution in [0.5, 0.6) is 0 Å². The van der Waals surface area contributed by atoms with Crippen LogP contribution < -0.4 is 0 Å². The van der Waals surface area contributed by atoms with Gasteiger partial charge in [-0.15, -0.1) is 0 Å². The lowest BCUT2D eigenvalue weighted by molar-refractivity contribution is 0.0976. The third-order valence-corrected chi connectivity index (χ3v) is 6.01. The van der Waals surface area contributed by atoms with E-state index in [1.54, 1.807) is 0 Å². The molecular weight excluding hydrogens is 320 g/mol. The summed E-state index contributed by atoms with van der Waals surface area (Å²) in [7, 11) is 0. The molecule has 2 aromatic rings. The van der Waals surface area contributed by atoms with Crippen molar-refractivity contribution in [1.82, 2.24) is 0 Å². The highest BCUT2D eigenvalue weighted by molar-refractivity contribution is 5.99. The molecule has 0 fully saturated rings. The molecule has 0 atom stereocenters. The number of ketones is 2. The fraction of sp³-hybridized carbons (Fsp3) is 0.417. The van der Waals surface area contributed by atoms with Gasteiger partial charge in [0.15, 0.2) is 11.6 Å². The third-order valence-electron chi connectivity index (χ3n) is 6.01.